The van der Waals surface area contributed by atoms with Crippen LogP contribution in [0.4, 0.5) is 0 Å². The third kappa shape index (κ3) is 2.09. The number of rotatable bonds is 3. The van der Waals surface area contributed by atoms with Crippen molar-refractivity contribution >= 4 is 13.4 Å². The molecule has 0 aliphatic heterocycles. The van der Waals surface area contributed by atoms with Gasteiger partial charge >= 0.3 is 0 Å². The highest BCUT2D eigenvalue weighted by atomic mass is 15.0. The van der Waals surface area contributed by atoms with Gasteiger partial charge in [-0.2, -0.15) is 0 Å². The van der Waals surface area contributed by atoms with Crippen LogP contribution in [-0.4, -0.2) is 19.6 Å². The summed E-state index contributed by atoms with van der Waals surface area (Å²) in [6.45, 7) is 8.63. The summed E-state index contributed by atoms with van der Waals surface area (Å²) in [4.78, 5) is 7.29. The van der Waals surface area contributed by atoms with Crippen LogP contribution in [0.25, 0.3) is 0 Å². The van der Waals surface area contributed by atoms with Gasteiger partial charge in [-0.25, -0.2) is 0 Å². The average Bonchev–Trinajstić information content (AvgIpc) is 1.72. The lowest BCUT2D eigenvalue weighted by Crippen LogP contribution is -1.93. The molecule has 0 unspecified atom stereocenters. The maximum Gasteiger partial charge on any atom is 0.137 e. The molecular weight excluding hydrogens is 88.1 g/mol. The maximum absolute atomic E-state index is 3.65. The van der Waals surface area contributed by atoms with Crippen LogP contribution in [0.5, 0.6) is 0 Å². The monoisotopic (exact) mass is 98.1 g/mol. The molecule has 0 saturated heterocycles. The van der Waals surface area contributed by atoms with Crippen molar-refractivity contribution in [3.8, 4) is 0 Å². The van der Waals surface area contributed by atoms with Crippen molar-refractivity contribution in [2.24, 2.45) is 9.98 Å². The number of hydrogen-bond donors (Lipinski definition) is 0. The second-order valence-electron chi connectivity index (χ2n) is 1.25. The Balaban J connectivity index is 3.36. The Hall–Kier alpha value is -0.660. The van der Waals surface area contributed by atoms with Gasteiger partial charge in [-0.15, -0.1) is 0 Å². The molecule has 0 aromatic rings. The predicted octanol–water partition coefficient (Wildman–Crippen LogP) is 1.12. The average molecular weight is 98.1 g/mol. The van der Waals surface area contributed by atoms with Gasteiger partial charge in [0.1, 0.15) is 6.17 Å². The second kappa shape index (κ2) is 3.53. The minimum absolute atomic E-state index is 0.0139. The first-order chi connectivity index (χ1) is 3.35. The lowest BCUT2D eigenvalue weighted by atomic mass is 10.4. The van der Waals surface area contributed by atoms with Gasteiger partial charge < -0.3 is 0 Å². The molecule has 7 heavy (non-hydrogen) atoms. The summed E-state index contributed by atoms with van der Waals surface area (Å²) in [6, 6.07) is 0. The van der Waals surface area contributed by atoms with E-state index >= 15 is 0 Å². The zero-order valence-electron chi connectivity index (χ0n) is 4.59. The van der Waals surface area contributed by atoms with Crippen molar-refractivity contribution in [1.82, 2.24) is 0 Å². The first kappa shape index (κ1) is 6.34. The zero-order valence-corrected chi connectivity index (χ0v) is 4.59. The van der Waals surface area contributed by atoms with Crippen LogP contribution >= 0.6 is 0 Å². The highest BCUT2D eigenvalue weighted by molar-refractivity contribution is 5.27. The van der Waals surface area contributed by atoms with Crippen LogP contribution in [0.1, 0.15) is 13.3 Å². The van der Waals surface area contributed by atoms with Crippen molar-refractivity contribution in [3.05, 3.63) is 0 Å². The van der Waals surface area contributed by atoms with Gasteiger partial charge in [0.2, 0.25) is 0 Å². The van der Waals surface area contributed by atoms with Crippen molar-refractivity contribution in [3.63, 3.8) is 0 Å². The molecule has 0 aliphatic carbocycles. The molecule has 0 atom stereocenters. The fourth-order valence-electron chi connectivity index (χ4n) is 0.316. The van der Waals surface area contributed by atoms with Gasteiger partial charge in [0.05, 0.1) is 0 Å². The van der Waals surface area contributed by atoms with Crippen molar-refractivity contribution in [1.29, 1.82) is 0 Å². The Kier molecular flexibility index (Phi) is 3.19. The molecule has 2 heteroatoms. The predicted molar refractivity (Wildman–Crippen MR) is 33.2 cm³/mol. The molecule has 0 heterocycles. The van der Waals surface area contributed by atoms with E-state index in [1.807, 2.05) is 6.92 Å². The number of aliphatic imine (C=N–C) groups is 2. The molecular formula is C5H10N2. The van der Waals surface area contributed by atoms with Crippen molar-refractivity contribution in [2.75, 3.05) is 0 Å². The van der Waals surface area contributed by atoms with E-state index in [1.165, 1.54) is 0 Å². The smallest absolute Gasteiger partial charge is 0.137 e. The van der Waals surface area contributed by atoms with Crippen molar-refractivity contribution in [2.45, 2.75) is 19.5 Å². The van der Waals surface area contributed by atoms with Gasteiger partial charge in [0, 0.05) is 0 Å². The van der Waals surface area contributed by atoms with E-state index < -0.39 is 0 Å². The third-order valence-electron chi connectivity index (χ3n) is 0.787. The molecule has 0 amide bonds. The molecule has 40 valence electrons. The summed E-state index contributed by atoms with van der Waals surface area (Å²) in [5.41, 5.74) is 0. The molecule has 0 saturated carbocycles. The van der Waals surface area contributed by atoms with E-state index in [2.05, 4.69) is 23.4 Å². The highest BCUT2D eigenvalue weighted by Gasteiger charge is 1.90. The maximum atomic E-state index is 3.65. The number of nitrogens with zero attached hydrogens (tertiary/aromatic N) is 2. The van der Waals surface area contributed by atoms with Crippen LogP contribution in [0, 0.1) is 0 Å². The van der Waals surface area contributed by atoms with Crippen LogP contribution in [-0.2, 0) is 0 Å². The van der Waals surface area contributed by atoms with E-state index in [0.29, 0.717) is 0 Å². The molecule has 0 bridgehead atoms. The second-order valence-corrected chi connectivity index (χ2v) is 1.25. The van der Waals surface area contributed by atoms with Gasteiger partial charge in [0.25, 0.3) is 0 Å². The summed E-state index contributed by atoms with van der Waals surface area (Å²) in [7, 11) is 0. The van der Waals surface area contributed by atoms with Gasteiger partial charge in [-0.1, -0.05) is 6.92 Å². The SMILES string of the molecule is C=NC(CC)N=C. The molecule has 0 aromatic carbocycles. The largest absolute Gasteiger partial charge is 0.274 e. The van der Waals surface area contributed by atoms with Crippen molar-refractivity contribution < 1.29 is 0 Å². The first-order valence-corrected chi connectivity index (χ1v) is 2.26. The van der Waals surface area contributed by atoms with Gasteiger partial charge in [-0.05, 0) is 19.9 Å². The molecule has 0 aliphatic rings. The molecule has 0 spiro atoms. The fourth-order valence-corrected chi connectivity index (χ4v) is 0.316. The van der Waals surface area contributed by atoms with E-state index in [9.17, 15) is 0 Å². The molecule has 0 N–H and O–H groups in total. The quantitative estimate of drug-likeness (QED) is 0.473. The van der Waals surface area contributed by atoms with Crippen LogP contribution in [0.15, 0.2) is 9.98 Å². The van der Waals surface area contributed by atoms with Crippen LogP contribution in [0.2, 0.25) is 0 Å². The molecule has 0 fully saturated rings. The van der Waals surface area contributed by atoms with Crippen LogP contribution in [0.3, 0.4) is 0 Å². The molecule has 0 aromatic heterocycles. The minimum atomic E-state index is 0.0139. The van der Waals surface area contributed by atoms with E-state index in [4.69, 9.17) is 0 Å². The Morgan fingerprint density at radius 1 is 1.43 bits per heavy atom. The molecule has 2 nitrogen and oxygen atoms in total. The zero-order chi connectivity index (χ0) is 5.70. The Labute approximate surface area is 44.0 Å². The van der Waals surface area contributed by atoms with Gasteiger partial charge in [-0.3, -0.25) is 9.98 Å². The molecule has 0 rings (SSSR count). The summed E-state index contributed by atoms with van der Waals surface area (Å²) >= 11 is 0. The Morgan fingerprint density at radius 2 is 1.86 bits per heavy atom. The highest BCUT2D eigenvalue weighted by Crippen LogP contribution is 1.93. The van der Waals surface area contributed by atoms with E-state index in [0.717, 1.165) is 6.42 Å². The Bertz CT molecular complexity index is 60.5. The van der Waals surface area contributed by atoms with E-state index in [1.54, 1.807) is 0 Å². The van der Waals surface area contributed by atoms with Crippen LogP contribution < -0.4 is 0 Å². The lowest BCUT2D eigenvalue weighted by Gasteiger charge is -1.96. The summed E-state index contributed by atoms with van der Waals surface area (Å²) in [6.07, 6.45) is 0.910. The summed E-state index contributed by atoms with van der Waals surface area (Å²) in [5.74, 6) is 0. The topological polar surface area (TPSA) is 24.7 Å². The standard InChI is InChI=1S/C5H10N2/c1-4-5(6-2)7-3/h5H,2-4H2,1H3. The third-order valence-corrected chi connectivity index (χ3v) is 0.787. The Morgan fingerprint density at radius 3 is 1.86 bits per heavy atom. The normalized spacial score (nSPS) is 8.86. The number of hydrogen-bond acceptors (Lipinski definition) is 2. The first-order valence-electron chi connectivity index (χ1n) is 2.26. The summed E-state index contributed by atoms with van der Waals surface area (Å²) in [5, 5.41) is 0. The van der Waals surface area contributed by atoms with E-state index in [-0.39, 0.29) is 6.17 Å². The summed E-state index contributed by atoms with van der Waals surface area (Å²) < 4.78 is 0. The fraction of sp³-hybridized carbons (Fsp3) is 0.600. The molecule has 0 radical (unpaired) electrons. The minimum Gasteiger partial charge on any atom is -0.274 e. The lowest BCUT2D eigenvalue weighted by molar-refractivity contribution is 0.697. The van der Waals surface area contributed by atoms with Gasteiger partial charge in [0.15, 0.2) is 0 Å².